The third-order valence-electron chi connectivity index (χ3n) is 2.22. The van der Waals surface area contributed by atoms with Crippen LogP contribution in [0.3, 0.4) is 0 Å². The number of allylic oxidation sites excluding steroid dienone is 5. The topological polar surface area (TPSA) is 50.4 Å². The second-order valence-electron chi connectivity index (χ2n) is 3.89. The second kappa shape index (κ2) is 7.87. The highest BCUT2D eigenvalue weighted by Crippen LogP contribution is 2.07. The molecule has 1 aromatic rings. The summed E-state index contributed by atoms with van der Waals surface area (Å²) in [5.41, 5.74) is 7.39. The van der Waals surface area contributed by atoms with Gasteiger partial charge in [0, 0.05) is 11.4 Å². The van der Waals surface area contributed by atoms with Crippen LogP contribution in [0.1, 0.15) is 6.92 Å². The fraction of sp³-hybridized carbons (Fsp3) is 0.133. The van der Waals surface area contributed by atoms with Crippen molar-refractivity contribution in [3.63, 3.8) is 0 Å². The van der Waals surface area contributed by atoms with Crippen molar-refractivity contribution >= 4 is 11.5 Å². The first kappa shape index (κ1) is 14.7. The molecule has 0 saturated heterocycles. The number of hydrogen-bond acceptors (Lipinski definition) is 2. The van der Waals surface area contributed by atoms with Crippen molar-refractivity contribution in [3.05, 3.63) is 66.7 Å². The molecule has 0 atom stereocenters. The number of hydrogen-bond donors (Lipinski definition) is 2. The number of rotatable bonds is 6. The van der Waals surface area contributed by atoms with Gasteiger partial charge >= 0.3 is 0 Å². The van der Waals surface area contributed by atoms with Crippen molar-refractivity contribution in [2.24, 2.45) is 10.7 Å². The van der Waals surface area contributed by atoms with Crippen LogP contribution in [-0.2, 0) is 0 Å². The van der Waals surface area contributed by atoms with Crippen LogP contribution in [0.5, 0.6) is 0 Å². The summed E-state index contributed by atoms with van der Waals surface area (Å²) in [6, 6.07) is 6.08. The van der Waals surface area contributed by atoms with Gasteiger partial charge in [-0.1, -0.05) is 24.8 Å². The van der Waals surface area contributed by atoms with Crippen molar-refractivity contribution in [3.8, 4) is 0 Å². The Labute approximate surface area is 113 Å². The van der Waals surface area contributed by atoms with Gasteiger partial charge in [-0.25, -0.2) is 9.38 Å². The first-order valence-electron chi connectivity index (χ1n) is 5.90. The highest BCUT2D eigenvalue weighted by molar-refractivity contribution is 5.85. The van der Waals surface area contributed by atoms with Gasteiger partial charge in [0.1, 0.15) is 11.7 Å². The van der Waals surface area contributed by atoms with Crippen LogP contribution >= 0.6 is 0 Å². The molecule has 0 spiro atoms. The summed E-state index contributed by atoms with van der Waals surface area (Å²) in [6.45, 7) is 5.84. The van der Waals surface area contributed by atoms with E-state index in [-0.39, 0.29) is 5.82 Å². The second-order valence-corrected chi connectivity index (χ2v) is 3.89. The fourth-order valence-electron chi connectivity index (χ4n) is 1.34. The number of benzene rings is 1. The molecule has 1 rings (SSSR count). The molecule has 0 aliphatic rings. The van der Waals surface area contributed by atoms with Gasteiger partial charge in [0.2, 0.25) is 0 Å². The fourth-order valence-corrected chi connectivity index (χ4v) is 1.34. The number of nitrogens with zero attached hydrogens (tertiary/aromatic N) is 1. The van der Waals surface area contributed by atoms with Crippen LogP contribution in [0.4, 0.5) is 10.1 Å². The maximum atomic E-state index is 12.7. The minimum Gasteiger partial charge on any atom is -0.386 e. The summed E-state index contributed by atoms with van der Waals surface area (Å²) >= 11 is 0. The average Bonchev–Trinajstić information content (AvgIpc) is 2.38. The number of nitrogens with two attached hydrogens (primary N) is 1. The molecule has 1 aromatic carbocycles. The van der Waals surface area contributed by atoms with Crippen LogP contribution in [0.15, 0.2) is 65.8 Å². The molecular formula is C15H18FN3. The Balaban J connectivity index is 2.52. The highest BCUT2D eigenvalue weighted by Gasteiger charge is 1.95. The van der Waals surface area contributed by atoms with Gasteiger partial charge in [-0.05, 0) is 37.3 Å². The molecule has 19 heavy (non-hydrogen) atoms. The predicted octanol–water partition coefficient (Wildman–Crippen LogP) is 3.24. The van der Waals surface area contributed by atoms with Gasteiger partial charge in [-0.2, -0.15) is 0 Å². The summed E-state index contributed by atoms with van der Waals surface area (Å²) in [7, 11) is 0. The lowest BCUT2D eigenvalue weighted by molar-refractivity contribution is 0.628. The van der Waals surface area contributed by atoms with Gasteiger partial charge in [-0.15, -0.1) is 0 Å². The lowest BCUT2D eigenvalue weighted by Crippen LogP contribution is -2.22. The zero-order valence-electron chi connectivity index (χ0n) is 10.9. The number of anilines is 1. The number of nitrogens with one attached hydrogen (secondary N) is 1. The third-order valence-corrected chi connectivity index (χ3v) is 2.22. The van der Waals surface area contributed by atoms with E-state index in [0.29, 0.717) is 12.4 Å². The molecule has 4 heteroatoms. The summed E-state index contributed by atoms with van der Waals surface area (Å²) in [5, 5.41) is 3.06. The maximum Gasteiger partial charge on any atom is 0.123 e. The summed E-state index contributed by atoms with van der Waals surface area (Å²) in [4.78, 5) is 4.21. The molecule has 0 aliphatic carbocycles. The first-order valence-corrected chi connectivity index (χ1v) is 5.90. The van der Waals surface area contributed by atoms with Gasteiger partial charge in [0.15, 0.2) is 0 Å². The van der Waals surface area contributed by atoms with E-state index >= 15 is 0 Å². The molecule has 0 saturated carbocycles. The maximum absolute atomic E-state index is 12.7. The van der Waals surface area contributed by atoms with Crippen molar-refractivity contribution in [1.29, 1.82) is 0 Å². The minimum atomic E-state index is -0.264. The minimum absolute atomic E-state index is 0.264. The largest absolute Gasteiger partial charge is 0.386 e. The zero-order valence-corrected chi connectivity index (χ0v) is 10.9. The van der Waals surface area contributed by atoms with E-state index in [4.69, 9.17) is 5.73 Å². The van der Waals surface area contributed by atoms with Crippen molar-refractivity contribution < 1.29 is 4.39 Å². The van der Waals surface area contributed by atoms with Crippen LogP contribution in [0.25, 0.3) is 0 Å². The molecule has 0 heterocycles. The molecule has 3 N–H and O–H groups in total. The third kappa shape index (κ3) is 6.21. The molecule has 3 nitrogen and oxygen atoms in total. The Bertz CT molecular complexity index is 499. The summed E-state index contributed by atoms with van der Waals surface area (Å²) < 4.78 is 12.7. The Kier molecular flexibility index (Phi) is 6.09. The van der Waals surface area contributed by atoms with Gasteiger partial charge in [0.25, 0.3) is 0 Å². The molecular weight excluding hydrogens is 241 g/mol. The lowest BCUT2D eigenvalue weighted by atomic mass is 10.3. The molecule has 0 aromatic heterocycles. The Morgan fingerprint density at radius 3 is 2.68 bits per heavy atom. The van der Waals surface area contributed by atoms with Crippen molar-refractivity contribution in [2.45, 2.75) is 6.92 Å². The molecule has 0 fully saturated rings. The quantitative estimate of drug-likeness (QED) is 0.468. The van der Waals surface area contributed by atoms with E-state index in [1.165, 1.54) is 12.1 Å². The lowest BCUT2D eigenvalue weighted by Gasteiger charge is -2.05. The van der Waals surface area contributed by atoms with E-state index in [1.54, 1.807) is 18.2 Å². The number of aliphatic imine (C=N–C) groups is 1. The van der Waals surface area contributed by atoms with Gasteiger partial charge in [0.05, 0.1) is 6.54 Å². The first-order chi connectivity index (χ1) is 9.11. The number of amidine groups is 1. The normalized spacial score (nSPS) is 12.7. The van der Waals surface area contributed by atoms with Gasteiger partial charge < -0.3 is 11.1 Å². The summed E-state index contributed by atoms with van der Waals surface area (Å²) in [6.07, 6.45) is 7.18. The molecule has 0 aliphatic heterocycles. The van der Waals surface area contributed by atoms with E-state index in [9.17, 15) is 4.39 Å². The molecule has 0 unspecified atom stereocenters. The number of halogens is 1. The summed E-state index contributed by atoms with van der Waals surface area (Å²) in [5.74, 6) is 0.199. The smallest absolute Gasteiger partial charge is 0.123 e. The van der Waals surface area contributed by atoms with E-state index in [1.807, 2.05) is 25.2 Å². The van der Waals surface area contributed by atoms with E-state index in [0.717, 1.165) is 11.4 Å². The Morgan fingerprint density at radius 2 is 2.05 bits per heavy atom. The van der Waals surface area contributed by atoms with E-state index in [2.05, 4.69) is 16.9 Å². The van der Waals surface area contributed by atoms with Crippen LogP contribution < -0.4 is 11.1 Å². The van der Waals surface area contributed by atoms with Gasteiger partial charge in [-0.3, -0.25) is 0 Å². The monoisotopic (exact) mass is 259 g/mol. The van der Waals surface area contributed by atoms with Crippen molar-refractivity contribution in [2.75, 3.05) is 11.9 Å². The standard InChI is InChI=1S/C15H18FN3/c1-3-4-5-6-12(2)19-15(17)11-18-14-9-7-13(16)8-10-14/h3-10,18H,1,11H2,2H3,(H2,17,19)/b5-4-,12-6+. The Morgan fingerprint density at radius 1 is 1.37 bits per heavy atom. The average molecular weight is 259 g/mol. The van der Waals surface area contributed by atoms with E-state index < -0.39 is 0 Å². The van der Waals surface area contributed by atoms with Crippen LogP contribution in [0, 0.1) is 5.82 Å². The molecule has 0 radical (unpaired) electrons. The molecule has 0 amide bonds. The van der Waals surface area contributed by atoms with Crippen LogP contribution in [0.2, 0.25) is 0 Å². The molecule has 0 bridgehead atoms. The SMILES string of the molecule is C=C/C=C\C=C(/C)N=C(N)CNc1ccc(F)cc1. The van der Waals surface area contributed by atoms with Crippen LogP contribution in [-0.4, -0.2) is 12.4 Å². The predicted molar refractivity (Wildman–Crippen MR) is 79.6 cm³/mol. The zero-order chi connectivity index (χ0) is 14.1. The highest BCUT2D eigenvalue weighted by atomic mass is 19.1. The molecule has 100 valence electrons. The Hall–Kier alpha value is -2.36. The van der Waals surface area contributed by atoms with Crippen molar-refractivity contribution in [1.82, 2.24) is 0 Å².